The molecule has 1 aromatic carbocycles. The van der Waals surface area contributed by atoms with Gasteiger partial charge in [0, 0.05) is 0 Å². The number of hydrogen-bond acceptors (Lipinski definition) is 3. The van der Waals surface area contributed by atoms with E-state index in [-0.39, 0.29) is 6.61 Å². The van der Waals surface area contributed by atoms with E-state index in [1.807, 2.05) is 0 Å². The Balaban J connectivity index is 2.95. The topological polar surface area (TPSA) is 49.7 Å². The molecule has 2 N–H and O–H groups in total. The van der Waals surface area contributed by atoms with E-state index in [0.29, 0.717) is 16.3 Å². The van der Waals surface area contributed by atoms with Gasteiger partial charge in [0.15, 0.2) is 0 Å². The van der Waals surface area contributed by atoms with E-state index >= 15 is 0 Å². The van der Waals surface area contributed by atoms with E-state index in [1.165, 1.54) is 7.11 Å². The lowest BCUT2D eigenvalue weighted by atomic mass is 10.1. The Labute approximate surface area is 81.5 Å². The summed E-state index contributed by atoms with van der Waals surface area (Å²) in [7, 11) is 1.52. The smallest absolute Gasteiger partial charge is 0.137 e. The zero-order valence-corrected chi connectivity index (χ0v) is 7.95. The Morgan fingerprint density at radius 1 is 1.54 bits per heavy atom. The molecule has 72 valence electrons. The molecule has 0 radical (unpaired) electrons. The molecule has 0 saturated heterocycles. The van der Waals surface area contributed by atoms with Crippen LogP contribution < -0.4 is 4.74 Å². The van der Waals surface area contributed by atoms with Crippen molar-refractivity contribution in [2.24, 2.45) is 0 Å². The zero-order chi connectivity index (χ0) is 9.84. The van der Waals surface area contributed by atoms with Gasteiger partial charge < -0.3 is 14.9 Å². The van der Waals surface area contributed by atoms with Gasteiger partial charge in [0.25, 0.3) is 0 Å². The summed E-state index contributed by atoms with van der Waals surface area (Å²) in [6.07, 6.45) is -0.886. The molecule has 0 spiro atoms. The van der Waals surface area contributed by atoms with E-state index in [4.69, 9.17) is 21.4 Å². The molecule has 1 atom stereocenters. The summed E-state index contributed by atoms with van der Waals surface area (Å²) in [6.45, 7) is -0.317. The first-order chi connectivity index (χ1) is 6.19. The Bertz CT molecular complexity index is 288. The normalized spacial score (nSPS) is 12.6. The number of rotatable bonds is 3. The van der Waals surface area contributed by atoms with E-state index in [1.54, 1.807) is 18.2 Å². The van der Waals surface area contributed by atoms with Crippen molar-refractivity contribution in [1.29, 1.82) is 0 Å². The van der Waals surface area contributed by atoms with Gasteiger partial charge in [-0.05, 0) is 17.7 Å². The van der Waals surface area contributed by atoms with Gasteiger partial charge in [-0.25, -0.2) is 0 Å². The van der Waals surface area contributed by atoms with Crippen molar-refractivity contribution in [3.8, 4) is 5.75 Å². The van der Waals surface area contributed by atoms with E-state index < -0.39 is 6.10 Å². The minimum atomic E-state index is -0.886. The number of aliphatic hydroxyl groups is 2. The highest BCUT2D eigenvalue weighted by molar-refractivity contribution is 6.32. The molecule has 0 fully saturated rings. The summed E-state index contributed by atoms with van der Waals surface area (Å²) in [5.74, 6) is 0.551. The van der Waals surface area contributed by atoms with E-state index in [9.17, 15) is 5.11 Å². The van der Waals surface area contributed by atoms with Gasteiger partial charge in [0.05, 0.1) is 18.7 Å². The zero-order valence-electron chi connectivity index (χ0n) is 7.20. The molecule has 0 heterocycles. The first-order valence-electron chi connectivity index (χ1n) is 3.81. The monoisotopic (exact) mass is 202 g/mol. The number of halogens is 1. The minimum absolute atomic E-state index is 0.317. The third kappa shape index (κ3) is 2.34. The van der Waals surface area contributed by atoms with Gasteiger partial charge in [-0.15, -0.1) is 0 Å². The average molecular weight is 203 g/mol. The molecular weight excluding hydrogens is 192 g/mol. The second-order valence-corrected chi connectivity index (χ2v) is 3.00. The highest BCUT2D eigenvalue weighted by Gasteiger charge is 2.08. The van der Waals surface area contributed by atoms with Crippen molar-refractivity contribution in [1.82, 2.24) is 0 Å². The van der Waals surface area contributed by atoms with Crippen LogP contribution in [0.5, 0.6) is 5.75 Å². The van der Waals surface area contributed by atoms with Crippen molar-refractivity contribution in [2.45, 2.75) is 6.10 Å². The second-order valence-electron chi connectivity index (χ2n) is 2.59. The average Bonchev–Trinajstić information content (AvgIpc) is 2.16. The van der Waals surface area contributed by atoms with Gasteiger partial charge in [0.1, 0.15) is 11.9 Å². The van der Waals surface area contributed by atoms with Gasteiger partial charge in [-0.3, -0.25) is 0 Å². The molecule has 1 rings (SSSR count). The van der Waals surface area contributed by atoms with Crippen LogP contribution in [-0.2, 0) is 0 Å². The Morgan fingerprint density at radius 3 is 2.69 bits per heavy atom. The lowest BCUT2D eigenvalue weighted by Gasteiger charge is -2.09. The first-order valence-corrected chi connectivity index (χ1v) is 4.19. The first kappa shape index (κ1) is 10.3. The molecule has 1 aromatic rings. The molecule has 4 heteroatoms. The van der Waals surface area contributed by atoms with Gasteiger partial charge >= 0.3 is 0 Å². The summed E-state index contributed by atoms with van der Waals surface area (Å²) in [6, 6.07) is 4.88. The van der Waals surface area contributed by atoms with Gasteiger partial charge in [0.2, 0.25) is 0 Å². The number of hydrogen-bond donors (Lipinski definition) is 2. The Morgan fingerprint density at radius 2 is 2.23 bits per heavy atom. The van der Waals surface area contributed by atoms with Crippen molar-refractivity contribution in [3.63, 3.8) is 0 Å². The highest BCUT2D eigenvalue weighted by atomic mass is 35.5. The summed E-state index contributed by atoms with van der Waals surface area (Å²) in [5, 5.41) is 18.4. The molecule has 13 heavy (non-hydrogen) atoms. The predicted molar refractivity (Wildman–Crippen MR) is 50.0 cm³/mol. The van der Waals surface area contributed by atoms with Crippen LogP contribution >= 0.6 is 11.6 Å². The van der Waals surface area contributed by atoms with Crippen molar-refractivity contribution in [2.75, 3.05) is 13.7 Å². The van der Waals surface area contributed by atoms with Gasteiger partial charge in [-0.2, -0.15) is 0 Å². The summed E-state index contributed by atoms with van der Waals surface area (Å²) >= 11 is 5.81. The summed E-state index contributed by atoms with van der Waals surface area (Å²) < 4.78 is 4.94. The summed E-state index contributed by atoms with van der Waals surface area (Å²) in [4.78, 5) is 0. The minimum Gasteiger partial charge on any atom is -0.495 e. The third-order valence-electron chi connectivity index (χ3n) is 1.73. The Kier molecular flexibility index (Phi) is 3.54. The van der Waals surface area contributed by atoms with Crippen molar-refractivity contribution >= 4 is 11.6 Å². The molecule has 0 aliphatic carbocycles. The highest BCUT2D eigenvalue weighted by Crippen LogP contribution is 2.27. The molecule has 3 nitrogen and oxygen atoms in total. The van der Waals surface area contributed by atoms with Crippen LogP contribution in [0.1, 0.15) is 11.7 Å². The largest absolute Gasteiger partial charge is 0.495 e. The molecule has 0 aromatic heterocycles. The van der Waals surface area contributed by atoms with Crippen molar-refractivity contribution < 1.29 is 14.9 Å². The van der Waals surface area contributed by atoms with Crippen LogP contribution in [0.25, 0.3) is 0 Å². The standard InChI is InChI=1S/C9H11ClO3/c1-13-9-3-2-6(4-7(9)10)8(12)5-11/h2-4,8,11-12H,5H2,1H3. The molecule has 0 bridgehead atoms. The third-order valence-corrected chi connectivity index (χ3v) is 2.03. The van der Waals surface area contributed by atoms with Crippen LogP contribution in [0.3, 0.4) is 0 Å². The maximum absolute atomic E-state index is 9.27. The second kappa shape index (κ2) is 4.46. The fourth-order valence-electron chi connectivity index (χ4n) is 0.995. The Hall–Kier alpha value is -0.770. The molecule has 0 aliphatic rings. The fourth-order valence-corrected chi connectivity index (χ4v) is 1.26. The number of methoxy groups -OCH3 is 1. The SMILES string of the molecule is COc1ccc(C(O)CO)cc1Cl. The molecule has 1 unspecified atom stereocenters. The number of ether oxygens (including phenoxy) is 1. The molecular formula is C9H11ClO3. The molecule has 0 amide bonds. The lowest BCUT2D eigenvalue weighted by molar-refractivity contribution is 0.0956. The molecule has 0 aliphatic heterocycles. The number of benzene rings is 1. The van der Waals surface area contributed by atoms with Crippen LogP contribution in [0.2, 0.25) is 5.02 Å². The van der Waals surface area contributed by atoms with E-state index in [0.717, 1.165) is 0 Å². The maximum atomic E-state index is 9.27. The molecule has 0 saturated carbocycles. The van der Waals surface area contributed by atoms with Crippen LogP contribution in [-0.4, -0.2) is 23.9 Å². The summed E-state index contributed by atoms with van der Waals surface area (Å²) in [5.41, 5.74) is 0.577. The predicted octanol–water partition coefficient (Wildman–Crippen LogP) is 1.37. The maximum Gasteiger partial charge on any atom is 0.137 e. The van der Waals surface area contributed by atoms with E-state index in [2.05, 4.69) is 0 Å². The van der Waals surface area contributed by atoms with Gasteiger partial charge in [-0.1, -0.05) is 17.7 Å². The lowest BCUT2D eigenvalue weighted by Crippen LogP contribution is -2.02. The van der Waals surface area contributed by atoms with Crippen LogP contribution in [0.15, 0.2) is 18.2 Å². The quantitative estimate of drug-likeness (QED) is 0.779. The number of aliphatic hydroxyl groups excluding tert-OH is 2. The van der Waals surface area contributed by atoms with Crippen molar-refractivity contribution in [3.05, 3.63) is 28.8 Å². The fraction of sp³-hybridized carbons (Fsp3) is 0.333. The van der Waals surface area contributed by atoms with Crippen LogP contribution in [0.4, 0.5) is 0 Å². The van der Waals surface area contributed by atoms with Crippen LogP contribution in [0, 0.1) is 0 Å².